The van der Waals surface area contributed by atoms with Crippen molar-refractivity contribution >= 4 is 16.9 Å². The Hall–Kier alpha value is -1.65. The molecule has 1 aromatic carbocycles. The molecule has 0 fully saturated rings. The number of thioether (sulfide) groups is 1. The van der Waals surface area contributed by atoms with Crippen molar-refractivity contribution in [3.05, 3.63) is 60.3 Å². The summed E-state index contributed by atoms with van der Waals surface area (Å²) in [5, 5.41) is 10.7. The van der Waals surface area contributed by atoms with E-state index in [1.807, 2.05) is 36.4 Å². The van der Waals surface area contributed by atoms with Crippen molar-refractivity contribution in [2.45, 2.75) is 18.1 Å². The largest absolute Gasteiger partial charge is 0.388 e. The van der Waals surface area contributed by atoms with Gasteiger partial charge in [0.25, 0.3) is 0 Å². The minimum atomic E-state index is -0.787. The second-order valence-electron chi connectivity index (χ2n) is 4.23. The number of aromatic nitrogens is 1. The molecule has 3 nitrogen and oxygen atoms in total. The van der Waals surface area contributed by atoms with E-state index in [-0.39, 0.29) is 5.12 Å². The third kappa shape index (κ3) is 3.66. The third-order valence-corrected chi connectivity index (χ3v) is 3.85. The van der Waals surface area contributed by atoms with Gasteiger partial charge in [-0.25, -0.2) is 4.98 Å². The lowest BCUT2D eigenvalue weighted by atomic mass is 9.99. The van der Waals surface area contributed by atoms with Gasteiger partial charge >= 0.3 is 0 Å². The van der Waals surface area contributed by atoms with Crippen LogP contribution >= 0.6 is 11.8 Å². The molecule has 1 heterocycles. The molecule has 0 unspecified atom stereocenters. The molecule has 4 heteroatoms. The summed E-state index contributed by atoms with van der Waals surface area (Å²) in [7, 11) is 0. The lowest BCUT2D eigenvalue weighted by molar-refractivity contribution is -0.117. The zero-order chi connectivity index (χ0) is 13.7. The zero-order valence-corrected chi connectivity index (χ0v) is 11.4. The van der Waals surface area contributed by atoms with Gasteiger partial charge in [0, 0.05) is 6.20 Å². The summed E-state index contributed by atoms with van der Waals surface area (Å²) in [6.07, 6.45) is 0.860. The van der Waals surface area contributed by atoms with E-state index in [2.05, 4.69) is 4.98 Å². The van der Waals surface area contributed by atoms with Crippen molar-refractivity contribution in [1.29, 1.82) is 0 Å². The van der Waals surface area contributed by atoms with E-state index < -0.39 is 12.0 Å². The fourth-order valence-corrected chi connectivity index (χ4v) is 2.45. The van der Waals surface area contributed by atoms with E-state index in [4.69, 9.17) is 0 Å². The summed E-state index contributed by atoms with van der Waals surface area (Å²) in [5.74, 6) is -0.477. The summed E-state index contributed by atoms with van der Waals surface area (Å²) < 4.78 is 0. The van der Waals surface area contributed by atoms with E-state index in [1.54, 1.807) is 25.3 Å². The molecule has 0 saturated carbocycles. The van der Waals surface area contributed by atoms with Crippen LogP contribution < -0.4 is 0 Å². The van der Waals surface area contributed by atoms with Crippen LogP contribution in [0.1, 0.15) is 18.6 Å². The van der Waals surface area contributed by atoms with Crippen LogP contribution in [0.4, 0.5) is 0 Å². The minimum absolute atomic E-state index is 0.0879. The molecule has 0 spiro atoms. The zero-order valence-electron chi connectivity index (χ0n) is 10.6. The van der Waals surface area contributed by atoms with E-state index in [0.29, 0.717) is 5.03 Å². The van der Waals surface area contributed by atoms with Gasteiger partial charge in [-0.05, 0) is 29.5 Å². The maximum atomic E-state index is 12.1. The van der Waals surface area contributed by atoms with Crippen LogP contribution in [-0.2, 0) is 4.79 Å². The maximum Gasteiger partial charge on any atom is 0.200 e. The highest BCUT2D eigenvalue weighted by Crippen LogP contribution is 2.28. The number of carbonyl (C=O) groups excluding carboxylic acids is 1. The molecule has 19 heavy (non-hydrogen) atoms. The fraction of sp³-hybridized carbons (Fsp3) is 0.200. The molecule has 1 N–H and O–H groups in total. The molecular weight excluding hydrogens is 258 g/mol. The lowest BCUT2D eigenvalue weighted by Crippen LogP contribution is -2.16. The van der Waals surface area contributed by atoms with Crippen LogP contribution in [0.3, 0.4) is 0 Å². The van der Waals surface area contributed by atoms with Crippen LogP contribution in [0.5, 0.6) is 0 Å². The molecule has 2 atom stereocenters. The van der Waals surface area contributed by atoms with Gasteiger partial charge in [0.2, 0.25) is 5.12 Å². The average molecular weight is 273 g/mol. The molecule has 0 radical (unpaired) electrons. The monoisotopic (exact) mass is 273 g/mol. The Morgan fingerprint density at radius 3 is 2.47 bits per heavy atom. The van der Waals surface area contributed by atoms with Crippen LogP contribution in [0.15, 0.2) is 59.8 Å². The number of carbonyl (C=O) groups is 1. The van der Waals surface area contributed by atoms with Crippen molar-refractivity contribution in [2.24, 2.45) is 5.92 Å². The Labute approximate surface area is 116 Å². The molecule has 0 saturated heterocycles. The van der Waals surface area contributed by atoms with Crippen molar-refractivity contribution in [3.63, 3.8) is 0 Å². The number of aliphatic hydroxyl groups excluding tert-OH is 1. The van der Waals surface area contributed by atoms with E-state index in [1.165, 1.54) is 0 Å². The number of benzene rings is 1. The Bertz CT molecular complexity index is 530. The van der Waals surface area contributed by atoms with Gasteiger partial charge in [-0.2, -0.15) is 0 Å². The van der Waals surface area contributed by atoms with Crippen molar-refractivity contribution in [2.75, 3.05) is 0 Å². The van der Waals surface area contributed by atoms with E-state index >= 15 is 0 Å². The van der Waals surface area contributed by atoms with Crippen LogP contribution in [-0.4, -0.2) is 15.2 Å². The SMILES string of the molecule is C[C@H](C(=O)Sc1ccccn1)[C@@H](O)c1ccccc1. The van der Waals surface area contributed by atoms with Crippen molar-refractivity contribution in [3.8, 4) is 0 Å². The van der Waals surface area contributed by atoms with Gasteiger partial charge in [0.15, 0.2) is 0 Å². The molecule has 98 valence electrons. The molecule has 0 aliphatic rings. The highest BCUT2D eigenvalue weighted by molar-refractivity contribution is 8.13. The highest BCUT2D eigenvalue weighted by atomic mass is 32.2. The minimum Gasteiger partial charge on any atom is -0.388 e. The Morgan fingerprint density at radius 1 is 1.16 bits per heavy atom. The number of hydrogen-bond acceptors (Lipinski definition) is 4. The summed E-state index contributed by atoms with van der Waals surface area (Å²) in [6.45, 7) is 1.73. The Morgan fingerprint density at radius 2 is 1.84 bits per heavy atom. The lowest BCUT2D eigenvalue weighted by Gasteiger charge is -2.17. The first kappa shape index (κ1) is 13.8. The summed E-state index contributed by atoms with van der Waals surface area (Å²) >= 11 is 1.06. The molecule has 1 aromatic heterocycles. The average Bonchev–Trinajstić information content (AvgIpc) is 2.47. The maximum absolute atomic E-state index is 12.1. The molecule has 0 aliphatic heterocycles. The number of nitrogens with zero attached hydrogens (tertiary/aromatic N) is 1. The Balaban J connectivity index is 2.03. The first-order chi connectivity index (χ1) is 9.18. The van der Waals surface area contributed by atoms with Gasteiger partial charge < -0.3 is 5.11 Å². The van der Waals surface area contributed by atoms with E-state index in [0.717, 1.165) is 17.3 Å². The second-order valence-corrected chi connectivity index (χ2v) is 5.26. The molecule has 2 rings (SSSR count). The van der Waals surface area contributed by atoms with Gasteiger partial charge in [-0.3, -0.25) is 4.79 Å². The van der Waals surface area contributed by atoms with Gasteiger partial charge in [0.1, 0.15) is 5.03 Å². The van der Waals surface area contributed by atoms with Gasteiger partial charge in [-0.15, -0.1) is 0 Å². The van der Waals surface area contributed by atoms with Gasteiger partial charge in [0.05, 0.1) is 12.0 Å². The van der Waals surface area contributed by atoms with Crippen LogP contribution in [0.2, 0.25) is 0 Å². The topological polar surface area (TPSA) is 50.2 Å². The number of rotatable bonds is 4. The molecule has 2 aromatic rings. The summed E-state index contributed by atoms with van der Waals surface area (Å²) in [4.78, 5) is 16.2. The van der Waals surface area contributed by atoms with Gasteiger partial charge in [-0.1, -0.05) is 43.3 Å². The Kier molecular flexibility index (Phi) is 4.71. The number of hydrogen-bond donors (Lipinski definition) is 1. The first-order valence-corrected chi connectivity index (χ1v) is 6.86. The standard InChI is InChI=1S/C15H15NO2S/c1-11(14(17)12-7-3-2-4-8-12)15(18)19-13-9-5-6-10-16-13/h2-11,14,17H,1H3/t11-,14+/m0/s1. The molecule has 0 aliphatic carbocycles. The van der Waals surface area contributed by atoms with E-state index in [9.17, 15) is 9.90 Å². The quantitative estimate of drug-likeness (QED) is 0.870. The predicted octanol–water partition coefficient (Wildman–Crippen LogP) is 3.07. The smallest absolute Gasteiger partial charge is 0.200 e. The molecular formula is C15H15NO2S. The number of pyridine rings is 1. The fourth-order valence-electron chi connectivity index (χ4n) is 1.67. The summed E-state index contributed by atoms with van der Waals surface area (Å²) in [6, 6.07) is 14.6. The summed E-state index contributed by atoms with van der Waals surface area (Å²) in [5.41, 5.74) is 0.755. The third-order valence-electron chi connectivity index (χ3n) is 2.83. The molecule has 0 bridgehead atoms. The first-order valence-electron chi connectivity index (χ1n) is 6.04. The second kappa shape index (κ2) is 6.50. The predicted molar refractivity (Wildman–Crippen MR) is 75.7 cm³/mol. The van der Waals surface area contributed by atoms with Crippen LogP contribution in [0.25, 0.3) is 0 Å². The number of aliphatic hydroxyl groups is 1. The highest BCUT2D eigenvalue weighted by Gasteiger charge is 2.24. The van der Waals surface area contributed by atoms with Crippen molar-refractivity contribution < 1.29 is 9.90 Å². The van der Waals surface area contributed by atoms with Crippen LogP contribution in [0, 0.1) is 5.92 Å². The normalized spacial score (nSPS) is 13.8. The van der Waals surface area contributed by atoms with Crippen molar-refractivity contribution in [1.82, 2.24) is 4.98 Å². The molecule has 0 amide bonds.